The van der Waals surface area contributed by atoms with Crippen LogP contribution in [-0.2, 0) is 13.0 Å². The molecule has 4 nitrogen and oxygen atoms in total. The van der Waals surface area contributed by atoms with E-state index in [-0.39, 0.29) is 17.8 Å². The lowest BCUT2D eigenvalue weighted by Crippen LogP contribution is -2.46. The average Bonchev–Trinajstić information content (AvgIpc) is 3.25. The van der Waals surface area contributed by atoms with E-state index in [1.54, 1.807) is 12.3 Å². The van der Waals surface area contributed by atoms with Crippen molar-refractivity contribution in [2.24, 2.45) is 5.41 Å². The van der Waals surface area contributed by atoms with E-state index in [4.69, 9.17) is 0 Å². The molecule has 1 aliphatic rings. The van der Waals surface area contributed by atoms with Gasteiger partial charge in [0, 0.05) is 30.9 Å². The second kappa shape index (κ2) is 8.25. The predicted octanol–water partition coefficient (Wildman–Crippen LogP) is 3.83. The van der Waals surface area contributed by atoms with Gasteiger partial charge in [0.1, 0.15) is 5.82 Å². The Morgan fingerprint density at radius 3 is 2.79 bits per heavy atom. The van der Waals surface area contributed by atoms with E-state index in [2.05, 4.69) is 28.2 Å². The van der Waals surface area contributed by atoms with Gasteiger partial charge in [0.2, 0.25) is 0 Å². The summed E-state index contributed by atoms with van der Waals surface area (Å²) in [7, 11) is 0. The molecule has 0 saturated carbocycles. The Labute approximate surface area is 165 Å². The Morgan fingerprint density at radius 2 is 2.00 bits per heavy atom. The lowest BCUT2D eigenvalue weighted by Gasteiger charge is -2.42. The molecule has 4 rings (SSSR count). The highest BCUT2D eigenvalue weighted by Crippen LogP contribution is 2.34. The topological polar surface area (TPSA) is 41.3 Å². The number of likely N-dealkylation sites (tertiary alicyclic amines) is 1. The van der Waals surface area contributed by atoms with Gasteiger partial charge in [-0.1, -0.05) is 30.3 Å². The van der Waals surface area contributed by atoms with E-state index < -0.39 is 0 Å². The third-order valence-electron chi connectivity index (χ3n) is 5.68. The Bertz CT molecular complexity index is 912. The van der Waals surface area contributed by atoms with Crippen LogP contribution in [0.25, 0.3) is 5.69 Å². The van der Waals surface area contributed by atoms with Gasteiger partial charge in [-0.3, -0.25) is 4.90 Å². The minimum absolute atomic E-state index is 0.0746. The maximum absolute atomic E-state index is 14.2. The van der Waals surface area contributed by atoms with Gasteiger partial charge in [-0.25, -0.2) is 9.07 Å². The normalized spacial score (nSPS) is 20.4. The molecule has 0 unspecified atom stereocenters. The first-order valence-corrected chi connectivity index (χ1v) is 9.83. The summed E-state index contributed by atoms with van der Waals surface area (Å²) in [5.41, 5.74) is 2.66. The van der Waals surface area contributed by atoms with Gasteiger partial charge < -0.3 is 5.11 Å². The number of hydrogen-bond donors (Lipinski definition) is 1. The molecule has 2 heterocycles. The van der Waals surface area contributed by atoms with Crippen molar-refractivity contribution in [2.45, 2.75) is 25.8 Å². The molecule has 2 aromatic carbocycles. The minimum Gasteiger partial charge on any atom is -0.396 e. The number of halogens is 1. The van der Waals surface area contributed by atoms with Gasteiger partial charge >= 0.3 is 0 Å². The molecular formula is C23H26FN3O. The lowest BCUT2D eigenvalue weighted by molar-refractivity contribution is 0.0283. The summed E-state index contributed by atoms with van der Waals surface area (Å²) in [4.78, 5) is 2.38. The molecule has 0 spiro atoms. The number of rotatable bonds is 6. The van der Waals surface area contributed by atoms with Crippen molar-refractivity contribution in [2.75, 3.05) is 19.7 Å². The van der Waals surface area contributed by atoms with Crippen LogP contribution in [0.1, 0.15) is 24.0 Å². The van der Waals surface area contributed by atoms with Gasteiger partial charge in [0.25, 0.3) is 0 Å². The molecular weight excluding hydrogens is 353 g/mol. The molecule has 0 radical (unpaired) electrons. The zero-order valence-corrected chi connectivity index (χ0v) is 16.0. The fraction of sp³-hybridized carbons (Fsp3) is 0.348. The molecule has 1 atom stereocenters. The summed E-state index contributed by atoms with van der Waals surface area (Å²) in [5, 5.41) is 14.5. The summed E-state index contributed by atoms with van der Waals surface area (Å²) >= 11 is 0. The first-order chi connectivity index (χ1) is 13.7. The first kappa shape index (κ1) is 18.8. The van der Waals surface area contributed by atoms with Gasteiger partial charge in [-0.15, -0.1) is 0 Å². The molecule has 0 aliphatic carbocycles. The highest BCUT2D eigenvalue weighted by molar-refractivity contribution is 5.35. The SMILES string of the molecule is OC[C@@]1(Cc2ccccc2F)CCCN(Cc2cccc(-n3cccn3)c2)C1. The van der Waals surface area contributed by atoms with Crippen LogP contribution in [0.3, 0.4) is 0 Å². The number of aliphatic hydroxyl groups is 1. The third kappa shape index (κ3) is 4.16. The van der Waals surface area contributed by atoms with Crippen molar-refractivity contribution in [1.29, 1.82) is 0 Å². The molecule has 1 saturated heterocycles. The summed E-state index contributed by atoms with van der Waals surface area (Å²) < 4.78 is 16.0. The molecule has 1 N–H and O–H groups in total. The van der Waals surface area contributed by atoms with Crippen molar-refractivity contribution < 1.29 is 9.50 Å². The number of aromatic nitrogens is 2. The van der Waals surface area contributed by atoms with Crippen LogP contribution in [0.2, 0.25) is 0 Å². The lowest BCUT2D eigenvalue weighted by atomic mass is 9.75. The standard InChI is InChI=1S/C23H26FN3O/c24-22-9-2-1-7-20(22)15-23(18-28)10-4-12-26(17-23)16-19-6-3-8-21(14-19)27-13-5-11-25-27/h1-3,5-9,11,13-14,28H,4,10,12,15-18H2/t23-/m1/s1. The maximum atomic E-state index is 14.2. The largest absolute Gasteiger partial charge is 0.396 e. The number of hydrogen-bond acceptors (Lipinski definition) is 3. The van der Waals surface area contributed by atoms with Crippen molar-refractivity contribution in [3.05, 3.63) is 83.9 Å². The molecule has 146 valence electrons. The van der Waals surface area contributed by atoms with E-state index in [0.717, 1.165) is 38.2 Å². The number of nitrogens with zero attached hydrogens (tertiary/aromatic N) is 3. The zero-order chi connectivity index (χ0) is 19.4. The highest BCUT2D eigenvalue weighted by Gasteiger charge is 2.35. The van der Waals surface area contributed by atoms with E-state index in [9.17, 15) is 9.50 Å². The van der Waals surface area contributed by atoms with E-state index in [0.29, 0.717) is 12.0 Å². The zero-order valence-electron chi connectivity index (χ0n) is 16.0. The van der Waals surface area contributed by atoms with Crippen LogP contribution in [0.5, 0.6) is 0 Å². The average molecular weight is 379 g/mol. The van der Waals surface area contributed by atoms with Crippen molar-refractivity contribution in [3.63, 3.8) is 0 Å². The smallest absolute Gasteiger partial charge is 0.126 e. The second-order valence-electron chi connectivity index (χ2n) is 7.86. The summed E-state index contributed by atoms with van der Waals surface area (Å²) in [6.07, 6.45) is 6.20. The van der Waals surface area contributed by atoms with E-state index in [1.807, 2.05) is 35.1 Å². The van der Waals surface area contributed by atoms with Crippen LogP contribution in [0, 0.1) is 11.2 Å². The molecule has 5 heteroatoms. The highest BCUT2D eigenvalue weighted by atomic mass is 19.1. The van der Waals surface area contributed by atoms with Crippen LogP contribution in [-0.4, -0.2) is 39.5 Å². The van der Waals surface area contributed by atoms with Crippen LogP contribution < -0.4 is 0 Å². The Kier molecular flexibility index (Phi) is 5.55. The fourth-order valence-electron chi connectivity index (χ4n) is 4.30. The first-order valence-electron chi connectivity index (χ1n) is 9.83. The third-order valence-corrected chi connectivity index (χ3v) is 5.68. The molecule has 3 aromatic rings. The van der Waals surface area contributed by atoms with Crippen LogP contribution >= 0.6 is 0 Å². The van der Waals surface area contributed by atoms with Crippen molar-refractivity contribution in [1.82, 2.24) is 14.7 Å². The van der Waals surface area contributed by atoms with E-state index in [1.165, 1.54) is 11.6 Å². The summed E-state index contributed by atoms with van der Waals surface area (Å²) in [5.74, 6) is -0.181. The van der Waals surface area contributed by atoms with Crippen molar-refractivity contribution >= 4 is 0 Å². The van der Waals surface area contributed by atoms with Gasteiger partial charge in [-0.05, 0) is 61.2 Å². The quantitative estimate of drug-likeness (QED) is 0.708. The molecule has 1 aliphatic heterocycles. The van der Waals surface area contributed by atoms with Crippen LogP contribution in [0.4, 0.5) is 4.39 Å². The Morgan fingerprint density at radius 1 is 1.11 bits per heavy atom. The van der Waals surface area contributed by atoms with Gasteiger partial charge in [0.05, 0.1) is 12.3 Å². The van der Waals surface area contributed by atoms with Crippen LogP contribution in [0.15, 0.2) is 67.0 Å². The molecule has 1 fully saturated rings. The van der Waals surface area contributed by atoms with Gasteiger partial charge in [0.15, 0.2) is 0 Å². The number of piperidine rings is 1. The second-order valence-corrected chi connectivity index (χ2v) is 7.86. The number of aliphatic hydroxyl groups excluding tert-OH is 1. The van der Waals surface area contributed by atoms with E-state index >= 15 is 0 Å². The van der Waals surface area contributed by atoms with Gasteiger partial charge in [-0.2, -0.15) is 5.10 Å². The molecule has 0 bridgehead atoms. The van der Waals surface area contributed by atoms with Crippen molar-refractivity contribution in [3.8, 4) is 5.69 Å². The Hall–Kier alpha value is -2.50. The number of benzene rings is 2. The fourth-order valence-corrected chi connectivity index (χ4v) is 4.30. The maximum Gasteiger partial charge on any atom is 0.126 e. The summed E-state index contributed by atoms with van der Waals surface area (Å²) in [6, 6.07) is 17.2. The predicted molar refractivity (Wildman–Crippen MR) is 108 cm³/mol. The molecule has 28 heavy (non-hydrogen) atoms. The molecule has 1 aromatic heterocycles. The summed E-state index contributed by atoms with van der Waals surface area (Å²) in [6.45, 7) is 2.65. The minimum atomic E-state index is -0.292. The monoisotopic (exact) mass is 379 g/mol. The molecule has 0 amide bonds. The Balaban J connectivity index is 1.49.